The van der Waals surface area contributed by atoms with Gasteiger partial charge >= 0.3 is 0 Å². The molecule has 0 amide bonds. The molecule has 0 aliphatic carbocycles. The molecule has 19 heavy (non-hydrogen) atoms. The normalized spacial score (nSPS) is 15.6. The average Bonchev–Trinajstić information content (AvgIpc) is 3.00. The molecule has 0 unspecified atom stereocenters. The zero-order valence-electron chi connectivity index (χ0n) is 10.2. The highest BCUT2D eigenvalue weighted by Gasteiger charge is 2.15. The number of nitrogens with one attached hydrogen (secondary N) is 1. The van der Waals surface area contributed by atoms with E-state index in [1.165, 1.54) is 0 Å². The van der Waals surface area contributed by atoms with Gasteiger partial charge in [0, 0.05) is 26.2 Å². The third kappa shape index (κ3) is 4.15. The van der Waals surface area contributed by atoms with Crippen LogP contribution in [0.25, 0.3) is 10.7 Å². The Morgan fingerprint density at radius 1 is 1.32 bits per heavy atom. The van der Waals surface area contributed by atoms with Crippen molar-refractivity contribution >= 4 is 36.2 Å². The highest BCUT2D eigenvalue weighted by Crippen LogP contribution is 2.21. The molecule has 0 atom stereocenters. The number of nitrogens with zero attached hydrogens (tertiary/aromatic N) is 3. The van der Waals surface area contributed by atoms with Crippen molar-refractivity contribution in [3.63, 3.8) is 0 Å². The second-order valence-electron chi connectivity index (χ2n) is 4.02. The summed E-state index contributed by atoms with van der Waals surface area (Å²) in [6.45, 7) is 4.89. The van der Waals surface area contributed by atoms with Gasteiger partial charge < -0.3 is 9.84 Å². The lowest BCUT2D eigenvalue weighted by Crippen LogP contribution is -2.42. The van der Waals surface area contributed by atoms with E-state index in [1.807, 2.05) is 17.5 Å². The maximum absolute atomic E-state index is 5.27. The molecule has 0 radical (unpaired) electrons. The van der Waals surface area contributed by atoms with Crippen molar-refractivity contribution in [2.45, 2.75) is 6.54 Å². The van der Waals surface area contributed by atoms with Crippen LogP contribution in [0.15, 0.2) is 22.0 Å². The van der Waals surface area contributed by atoms with Crippen LogP contribution in [0.5, 0.6) is 0 Å². The molecule has 0 spiro atoms. The summed E-state index contributed by atoms with van der Waals surface area (Å²) < 4.78 is 5.27. The van der Waals surface area contributed by atoms with Crippen molar-refractivity contribution in [2.24, 2.45) is 0 Å². The number of thiophene rings is 1. The van der Waals surface area contributed by atoms with E-state index in [4.69, 9.17) is 4.52 Å². The third-order valence-electron chi connectivity index (χ3n) is 2.78. The zero-order valence-corrected chi connectivity index (χ0v) is 12.7. The quantitative estimate of drug-likeness (QED) is 0.937. The van der Waals surface area contributed by atoms with Crippen LogP contribution in [0.4, 0.5) is 0 Å². The molecule has 1 aliphatic rings. The van der Waals surface area contributed by atoms with Gasteiger partial charge in [0.15, 0.2) is 0 Å². The lowest BCUT2D eigenvalue weighted by atomic mass is 10.3. The predicted octanol–water partition coefficient (Wildman–Crippen LogP) is 2.05. The number of halogens is 2. The first-order chi connectivity index (χ1) is 8.42. The fourth-order valence-electron chi connectivity index (χ4n) is 1.89. The van der Waals surface area contributed by atoms with Crippen molar-refractivity contribution in [3.8, 4) is 10.7 Å². The monoisotopic (exact) mass is 322 g/mol. The second-order valence-corrected chi connectivity index (χ2v) is 4.96. The Bertz CT molecular complexity index is 471. The molecule has 1 saturated heterocycles. The fraction of sp³-hybridized carbons (Fsp3) is 0.455. The molecule has 3 rings (SSSR count). The number of hydrogen-bond donors (Lipinski definition) is 1. The number of hydrogen-bond acceptors (Lipinski definition) is 6. The van der Waals surface area contributed by atoms with E-state index >= 15 is 0 Å². The highest BCUT2D eigenvalue weighted by molar-refractivity contribution is 7.13. The van der Waals surface area contributed by atoms with Gasteiger partial charge in [-0.05, 0) is 11.4 Å². The maximum Gasteiger partial charge on any atom is 0.241 e. The molecule has 2 aromatic rings. The second kappa shape index (κ2) is 7.81. The van der Waals surface area contributed by atoms with E-state index in [0.717, 1.165) is 37.6 Å². The largest absolute Gasteiger partial charge is 0.338 e. The van der Waals surface area contributed by atoms with Gasteiger partial charge in [0.25, 0.3) is 0 Å². The van der Waals surface area contributed by atoms with E-state index in [9.17, 15) is 0 Å². The van der Waals surface area contributed by atoms with Gasteiger partial charge in [-0.25, -0.2) is 0 Å². The number of aromatic nitrogens is 2. The summed E-state index contributed by atoms with van der Waals surface area (Å²) in [7, 11) is 0. The molecule has 3 heterocycles. The first-order valence-electron chi connectivity index (χ1n) is 5.71. The van der Waals surface area contributed by atoms with Crippen LogP contribution in [0.1, 0.15) is 5.89 Å². The SMILES string of the molecule is Cl.Cl.c1csc(-c2noc(CN3CCNCC3)n2)c1. The van der Waals surface area contributed by atoms with Crippen LogP contribution in [-0.2, 0) is 6.54 Å². The molecule has 0 bridgehead atoms. The summed E-state index contributed by atoms with van der Waals surface area (Å²) in [5, 5.41) is 9.34. The van der Waals surface area contributed by atoms with Gasteiger partial charge in [-0.1, -0.05) is 11.2 Å². The Kier molecular flexibility index (Phi) is 6.74. The van der Waals surface area contributed by atoms with E-state index in [1.54, 1.807) is 11.3 Å². The summed E-state index contributed by atoms with van der Waals surface area (Å²) in [4.78, 5) is 7.79. The van der Waals surface area contributed by atoms with E-state index < -0.39 is 0 Å². The Morgan fingerprint density at radius 3 is 2.79 bits per heavy atom. The van der Waals surface area contributed by atoms with Crippen LogP contribution < -0.4 is 5.32 Å². The van der Waals surface area contributed by atoms with Gasteiger partial charge in [0.05, 0.1) is 11.4 Å². The van der Waals surface area contributed by atoms with Gasteiger partial charge in [-0.2, -0.15) is 4.98 Å². The summed E-state index contributed by atoms with van der Waals surface area (Å²) in [5.41, 5.74) is 0. The Balaban J connectivity index is 0.000000902. The van der Waals surface area contributed by atoms with Crippen LogP contribution in [0, 0.1) is 0 Å². The van der Waals surface area contributed by atoms with Crippen molar-refractivity contribution in [1.29, 1.82) is 0 Å². The minimum absolute atomic E-state index is 0. The molecule has 106 valence electrons. The number of rotatable bonds is 3. The Morgan fingerprint density at radius 2 is 2.11 bits per heavy atom. The van der Waals surface area contributed by atoms with Crippen LogP contribution in [0.2, 0.25) is 0 Å². The van der Waals surface area contributed by atoms with Gasteiger partial charge in [0.1, 0.15) is 0 Å². The van der Waals surface area contributed by atoms with Crippen molar-refractivity contribution in [1.82, 2.24) is 20.4 Å². The van der Waals surface area contributed by atoms with E-state index in [2.05, 4.69) is 20.4 Å². The van der Waals surface area contributed by atoms with Crippen molar-refractivity contribution < 1.29 is 4.52 Å². The van der Waals surface area contributed by atoms with Gasteiger partial charge in [0.2, 0.25) is 11.7 Å². The molecule has 1 N–H and O–H groups in total. The molecule has 0 aromatic carbocycles. The number of piperazine rings is 1. The Labute approximate surface area is 128 Å². The summed E-state index contributed by atoms with van der Waals surface area (Å²) in [6.07, 6.45) is 0. The topological polar surface area (TPSA) is 54.2 Å². The lowest BCUT2D eigenvalue weighted by molar-refractivity contribution is 0.203. The van der Waals surface area contributed by atoms with Crippen LogP contribution in [-0.4, -0.2) is 41.2 Å². The van der Waals surface area contributed by atoms with Crippen LogP contribution >= 0.6 is 36.2 Å². The fourth-order valence-corrected chi connectivity index (χ4v) is 2.53. The molecule has 2 aromatic heterocycles. The zero-order chi connectivity index (χ0) is 11.5. The van der Waals surface area contributed by atoms with E-state index in [0.29, 0.717) is 11.7 Å². The summed E-state index contributed by atoms with van der Waals surface area (Å²) in [5.74, 6) is 1.40. The molecular formula is C11H16Cl2N4OS. The molecule has 1 fully saturated rings. The first kappa shape index (κ1) is 16.4. The Hall–Kier alpha value is -0.660. The minimum Gasteiger partial charge on any atom is -0.338 e. The van der Waals surface area contributed by atoms with Crippen LogP contribution in [0.3, 0.4) is 0 Å². The van der Waals surface area contributed by atoms with E-state index in [-0.39, 0.29) is 24.8 Å². The minimum atomic E-state index is 0. The summed E-state index contributed by atoms with van der Waals surface area (Å²) >= 11 is 1.63. The maximum atomic E-state index is 5.27. The standard InChI is InChI=1S/C11H14N4OS.2ClH/c1-2-9(17-7-1)11-13-10(16-14-11)8-15-5-3-12-4-6-15;;/h1-2,7,12H,3-6,8H2;2*1H. The average molecular weight is 323 g/mol. The third-order valence-corrected chi connectivity index (χ3v) is 3.64. The predicted molar refractivity (Wildman–Crippen MR) is 80.3 cm³/mol. The first-order valence-corrected chi connectivity index (χ1v) is 6.59. The smallest absolute Gasteiger partial charge is 0.241 e. The van der Waals surface area contributed by atoms with Gasteiger partial charge in [-0.15, -0.1) is 36.2 Å². The van der Waals surface area contributed by atoms with Crippen molar-refractivity contribution in [3.05, 3.63) is 23.4 Å². The van der Waals surface area contributed by atoms with Crippen molar-refractivity contribution in [2.75, 3.05) is 26.2 Å². The molecule has 0 saturated carbocycles. The molecular weight excluding hydrogens is 307 g/mol. The van der Waals surface area contributed by atoms with Gasteiger partial charge in [-0.3, -0.25) is 4.90 Å². The highest BCUT2D eigenvalue weighted by atomic mass is 35.5. The molecule has 5 nitrogen and oxygen atoms in total. The summed E-state index contributed by atoms with van der Waals surface area (Å²) in [6, 6.07) is 4.00. The molecule has 1 aliphatic heterocycles. The molecule has 8 heteroatoms. The lowest BCUT2D eigenvalue weighted by Gasteiger charge is -2.25.